The molecule has 1 unspecified atom stereocenters. The first kappa shape index (κ1) is 29.0. The Morgan fingerprint density at radius 2 is 1.63 bits per heavy atom. The molecule has 2 aliphatic rings. The summed E-state index contributed by atoms with van der Waals surface area (Å²) < 4.78 is 1.80. The molecule has 43 heavy (non-hydrogen) atoms. The van der Waals surface area contributed by atoms with Crippen LogP contribution in [0.3, 0.4) is 0 Å². The fraction of sp³-hybridized carbons (Fsp3) is 0.273. The first-order valence-electron chi connectivity index (χ1n) is 14.3. The maximum atomic E-state index is 14.0. The van der Waals surface area contributed by atoms with E-state index < -0.39 is 0 Å². The largest absolute Gasteiger partial charge is 0.339 e. The minimum absolute atomic E-state index is 0.000963. The summed E-state index contributed by atoms with van der Waals surface area (Å²) in [6, 6.07) is 25.6. The van der Waals surface area contributed by atoms with Crippen LogP contribution in [0.15, 0.2) is 78.9 Å². The lowest BCUT2D eigenvalue weighted by Gasteiger charge is -2.35. The van der Waals surface area contributed by atoms with Crippen LogP contribution in [0.2, 0.25) is 5.02 Å². The summed E-state index contributed by atoms with van der Waals surface area (Å²) in [6.07, 6.45) is 0. The van der Waals surface area contributed by atoms with E-state index in [4.69, 9.17) is 16.7 Å². The maximum Gasteiger partial charge on any atom is 0.242 e. The lowest BCUT2D eigenvalue weighted by Crippen LogP contribution is -2.53. The molecule has 0 saturated carbocycles. The topological polar surface area (TPSA) is 78.8 Å². The number of anilines is 1. The number of aryl methyl sites for hydroxylation is 1. The van der Waals surface area contributed by atoms with Gasteiger partial charge in [-0.25, -0.2) is 4.68 Å². The first-order valence-corrected chi connectivity index (χ1v) is 15.7. The quantitative estimate of drug-likeness (QED) is 0.303. The molecule has 0 spiro atoms. The van der Waals surface area contributed by atoms with Crippen molar-refractivity contribution in [3.63, 3.8) is 0 Å². The van der Waals surface area contributed by atoms with Crippen LogP contribution in [-0.2, 0) is 14.4 Å². The molecule has 3 heterocycles. The molecule has 3 aromatic carbocycles. The molecule has 8 nitrogen and oxygen atoms in total. The normalized spacial score (nSPS) is 17.0. The van der Waals surface area contributed by atoms with E-state index in [2.05, 4.69) is 0 Å². The standard InChI is InChI=1S/C33H32ClN5O3S/c1-22-11-13-27(14-12-22)39-33-30(31(35-39)24-7-4-3-5-8-24)32(25-9-6-10-26(34)19-25)43-21-29(42)38(33)20-28(41)37-17-15-36(16-18-37)23(2)40/h3-14,19,32H,15-18,20-21H2,1-2H3. The average Bonchev–Trinajstić information content (AvgIpc) is 3.34. The number of hydrogen-bond acceptors (Lipinski definition) is 5. The summed E-state index contributed by atoms with van der Waals surface area (Å²) >= 11 is 7.98. The number of carbonyl (C=O) groups is 3. The van der Waals surface area contributed by atoms with E-state index in [0.29, 0.717) is 37.0 Å². The molecule has 0 radical (unpaired) electrons. The maximum absolute atomic E-state index is 14.0. The van der Waals surface area contributed by atoms with Gasteiger partial charge in [0.1, 0.15) is 12.4 Å². The van der Waals surface area contributed by atoms with E-state index in [1.807, 2.05) is 85.8 Å². The molecule has 0 aliphatic carbocycles. The highest BCUT2D eigenvalue weighted by atomic mass is 35.5. The summed E-state index contributed by atoms with van der Waals surface area (Å²) in [7, 11) is 0. The fourth-order valence-electron chi connectivity index (χ4n) is 5.63. The van der Waals surface area contributed by atoms with Crippen molar-refractivity contribution in [2.24, 2.45) is 0 Å². The highest BCUT2D eigenvalue weighted by Crippen LogP contribution is 2.48. The second-order valence-corrected chi connectivity index (χ2v) is 12.3. The van der Waals surface area contributed by atoms with Gasteiger partial charge in [-0.2, -0.15) is 5.10 Å². The Bertz CT molecular complexity index is 1670. The van der Waals surface area contributed by atoms with E-state index in [-0.39, 0.29) is 35.3 Å². The Kier molecular flexibility index (Phi) is 8.27. The molecule has 10 heteroatoms. The fourth-order valence-corrected chi connectivity index (χ4v) is 7.02. The van der Waals surface area contributed by atoms with Gasteiger partial charge in [0.05, 0.1) is 22.4 Å². The monoisotopic (exact) mass is 613 g/mol. The van der Waals surface area contributed by atoms with Crippen molar-refractivity contribution >= 4 is 46.9 Å². The number of piperazine rings is 1. The Balaban J connectivity index is 1.51. The van der Waals surface area contributed by atoms with Gasteiger partial charge in [0.15, 0.2) is 0 Å². The molecule has 0 N–H and O–H groups in total. The van der Waals surface area contributed by atoms with Gasteiger partial charge >= 0.3 is 0 Å². The molecule has 2 aliphatic heterocycles. The minimum atomic E-state index is -0.258. The second-order valence-electron chi connectivity index (χ2n) is 10.8. The zero-order valence-electron chi connectivity index (χ0n) is 24.1. The number of carbonyl (C=O) groups excluding carboxylic acids is 3. The van der Waals surface area contributed by atoms with E-state index in [1.54, 1.807) is 26.3 Å². The molecule has 3 amide bonds. The number of nitrogens with zero attached hydrogens (tertiary/aromatic N) is 5. The molecular weight excluding hydrogens is 582 g/mol. The Morgan fingerprint density at radius 1 is 0.930 bits per heavy atom. The average molecular weight is 614 g/mol. The SMILES string of the molecule is CC(=O)N1CCN(C(=O)CN2C(=O)CSC(c3cccc(Cl)c3)c3c(-c4ccccc4)nn(-c4ccc(C)cc4)c32)CC1. The number of halogens is 1. The van der Waals surface area contributed by atoms with Gasteiger partial charge in [0, 0.05) is 49.3 Å². The summed E-state index contributed by atoms with van der Waals surface area (Å²) in [6.45, 7) is 5.26. The van der Waals surface area contributed by atoms with Crippen LogP contribution in [0.25, 0.3) is 16.9 Å². The molecule has 6 rings (SSSR count). The molecule has 1 saturated heterocycles. The van der Waals surface area contributed by atoms with Crippen molar-refractivity contribution in [2.45, 2.75) is 19.1 Å². The molecule has 1 aromatic heterocycles. The summed E-state index contributed by atoms with van der Waals surface area (Å²) in [4.78, 5) is 44.7. The lowest BCUT2D eigenvalue weighted by atomic mass is 9.99. The number of thioether (sulfide) groups is 1. The van der Waals surface area contributed by atoms with Crippen LogP contribution < -0.4 is 4.90 Å². The van der Waals surface area contributed by atoms with Crippen LogP contribution in [0.5, 0.6) is 0 Å². The number of hydrogen-bond donors (Lipinski definition) is 0. The summed E-state index contributed by atoms with van der Waals surface area (Å²) in [5, 5.41) is 5.50. The zero-order valence-corrected chi connectivity index (χ0v) is 25.6. The third-order valence-electron chi connectivity index (χ3n) is 7.94. The van der Waals surface area contributed by atoms with Crippen molar-refractivity contribution in [1.82, 2.24) is 19.6 Å². The van der Waals surface area contributed by atoms with Crippen molar-refractivity contribution < 1.29 is 14.4 Å². The lowest BCUT2D eigenvalue weighted by molar-refractivity contribution is -0.137. The van der Waals surface area contributed by atoms with E-state index in [1.165, 1.54) is 11.8 Å². The summed E-state index contributed by atoms with van der Waals surface area (Å²) in [5.41, 5.74) is 5.38. The smallest absolute Gasteiger partial charge is 0.242 e. The highest BCUT2D eigenvalue weighted by Gasteiger charge is 2.38. The first-order chi connectivity index (χ1) is 20.8. The van der Waals surface area contributed by atoms with Gasteiger partial charge in [-0.1, -0.05) is 71.8 Å². The van der Waals surface area contributed by atoms with Crippen molar-refractivity contribution in [3.8, 4) is 16.9 Å². The van der Waals surface area contributed by atoms with Crippen LogP contribution in [0.4, 0.5) is 5.82 Å². The predicted octanol–water partition coefficient (Wildman–Crippen LogP) is 5.36. The van der Waals surface area contributed by atoms with Gasteiger partial charge in [-0.15, -0.1) is 11.8 Å². The van der Waals surface area contributed by atoms with Crippen LogP contribution in [0, 0.1) is 6.92 Å². The minimum Gasteiger partial charge on any atom is -0.339 e. The zero-order chi connectivity index (χ0) is 30.1. The second kappa shape index (κ2) is 12.3. The highest BCUT2D eigenvalue weighted by molar-refractivity contribution is 8.00. The van der Waals surface area contributed by atoms with Gasteiger partial charge in [0.2, 0.25) is 17.7 Å². The number of fused-ring (bicyclic) bond motifs is 1. The Hall–Kier alpha value is -4.08. The van der Waals surface area contributed by atoms with Gasteiger partial charge in [-0.3, -0.25) is 19.3 Å². The van der Waals surface area contributed by atoms with Gasteiger partial charge in [-0.05, 0) is 36.8 Å². The third-order valence-corrected chi connectivity index (χ3v) is 9.43. The summed E-state index contributed by atoms with van der Waals surface area (Å²) in [5.74, 6) is 0.433. The molecule has 4 aromatic rings. The number of aromatic nitrogens is 2. The molecule has 0 bridgehead atoms. The van der Waals surface area contributed by atoms with Crippen molar-refractivity contribution in [3.05, 3.63) is 101 Å². The molecule has 220 valence electrons. The molecular formula is C33H32ClN5O3S. The predicted molar refractivity (Wildman–Crippen MR) is 171 cm³/mol. The van der Waals surface area contributed by atoms with Gasteiger partial charge in [0.25, 0.3) is 0 Å². The Morgan fingerprint density at radius 3 is 2.30 bits per heavy atom. The van der Waals surface area contributed by atoms with Gasteiger partial charge < -0.3 is 9.80 Å². The molecule has 1 atom stereocenters. The number of rotatable bonds is 5. The molecule has 1 fully saturated rings. The Labute approximate surface area is 260 Å². The van der Waals surface area contributed by atoms with E-state index in [0.717, 1.165) is 33.6 Å². The van der Waals surface area contributed by atoms with Crippen LogP contribution in [-0.4, -0.2) is 75.8 Å². The third kappa shape index (κ3) is 5.92. The van der Waals surface area contributed by atoms with Crippen LogP contribution in [0.1, 0.15) is 28.9 Å². The van der Waals surface area contributed by atoms with Crippen LogP contribution >= 0.6 is 23.4 Å². The van der Waals surface area contributed by atoms with Crippen molar-refractivity contribution in [1.29, 1.82) is 0 Å². The number of amides is 3. The van der Waals surface area contributed by atoms with E-state index >= 15 is 0 Å². The number of benzene rings is 3. The van der Waals surface area contributed by atoms with Crippen molar-refractivity contribution in [2.75, 3.05) is 43.4 Å². The van der Waals surface area contributed by atoms with E-state index in [9.17, 15) is 14.4 Å².